The Morgan fingerprint density at radius 3 is 2.45 bits per heavy atom. The van der Waals surface area contributed by atoms with Gasteiger partial charge in [0, 0.05) is 29.1 Å². The van der Waals surface area contributed by atoms with Gasteiger partial charge in [-0.05, 0) is 36.6 Å². The molecule has 1 heterocycles. The van der Waals surface area contributed by atoms with Crippen LogP contribution in [0.25, 0.3) is 0 Å². The minimum Gasteiger partial charge on any atom is -0.392 e. The van der Waals surface area contributed by atoms with Crippen molar-refractivity contribution in [1.29, 1.82) is 5.41 Å². The van der Waals surface area contributed by atoms with Crippen molar-refractivity contribution in [2.75, 3.05) is 5.32 Å². The number of nitrogens with one attached hydrogen (secondary N) is 2. The molecule has 0 aliphatic rings. The van der Waals surface area contributed by atoms with E-state index in [9.17, 15) is 5.11 Å². The van der Waals surface area contributed by atoms with E-state index in [0.717, 1.165) is 29.7 Å². The van der Waals surface area contributed by atoms with Crippen LogP contribution in [0.5, 0.6) is 0 Å². The number of rotatable bonds is 7. The van der Waals surface area contributed by atoms with Crippen LogP contribution in [0.1, 0.15) is 37.8 Å². The molecule has 1 aromatic heterocycles. The molecule has 116 valence electrons. The third-order valence-corrected chi connectivity index (χ3v) is 3.91. The van der Waals surface area contributed by atoms with Crippen molar-refractivity contribution in [1.82, 2.24) is 4.98 Å². The maximum absolute atomic E-state index is 9.63. The zero-order valence-electron chi connectivity index (χ0n) is 13.1. The minimum absolute atomic E-state index is 0.0934. The van der Waals surface area contributed by atoms with E-state index in [2.05, 4.69) is 24.1 Å². The SMILES string of the molecule is CCC(CC)C(=N)c1c(CO)ccnc1Nc1ccccc1. The van der Waals surface area contributed by atoms with E-state index in [1.54, 1.807) is 12.3 Å². The Morgan fingerprint density at radius 1 is 1.18 bits per heavy atom. The lowest BCUT2D eigenvalue weighted by atomic mass is 9.90. The van der Waals surface area contributed by atoms with Crippen molar-refractivity contribution in [3.8, 4) is 0 Å². The number of aliphatic hydroxyl groups excluding tert-OH is 1. The van der Waals surface area contributed by atoms with Gasteiger partial charge in [-0.25, -0.2) is 4.98 Å². The Hall–Kier alpha value is -2.20. The van der Waals surface area contributed by atoms with Crippen molar-refractivity contribution in [2.24, 2.45) is 5.92 Å². The molecule has 0 saturated carbocycles. The fraction of sp³-hybridized carbons (Fsp3) is 0.333. The quantitative estimate of drug-likeness (QED) is 0.673. The van der Waals surface area contributed by atoms with Gasteiger partial charge in [-0.15, -0.1) is 0 Å². The number of para-hydroxylation sites is 1. The number of anilines is 2. The van der Waals surface area contributed by atoms with Crippen molar-refractivity contribution >= 4 is 17.2 Å². The summed E-state index contributed by atoms with van der Waals surface area (Å²) in [5, 5.41) is 21.4. The molecular weight excluding hydrogens is 274 g/mol. The lowest BCUT2D eigenvalue weighted by molar-refractivity contribution is 0.281. The third kappa shape index (κ3) is 3.52. The van der Waals surface area contributed by atoms with Crippen LogP contribution >= 0.6 is 0 Å². The second kappa shape index (κ2) is 7.71. The Bertz CT molecular complexity index is 621. The van der Waals surface area contributed by atoms with E-state index in [1.165, 1.54) is 0 Å². The Morgan fingerprint density at radius 2 is 1.86 bits per heavy atom. The standard InChI is InChI=1S/C18H23N3O/c1-3-13(4-2)17(19)16-14(12-22)10-11-20-18(16)21-15-8-6-5-7-9-15/h5-11,13,19,22H,3-4,12H2,1-2H3,(H,20,21). The molecule has 0 atom stereocenters. The highest BCUT2D eigenvalue weighted by molar-refractivity contribution is 6.05. The molecule has 0 radical (unpaired) electrons. The van der Waals surface area contributed by atoms with Crippen LogP contribution in [0, 0.1) is 11.3 Å². The molecule has 1 aromatic carbocycles. The van der Waals surface area contributed by atoms with E-state index in [1.807, 2.05) is 30.3 Å². The highest BCUT2D eigenvalue weighted by Crippen LogP contribution is 2.26. The fourth-order valence-corrected chi connectivity index (χ4v) is 2.59. The third-order valence-electron chi connectivity index (χ3n) is 3.91. The van der Waals surface area contributed by atoms with Gasteiger partial charge in [0.25, 0.3) is 0 Å². The number of pyridine rings is 1. The molecule has 4 heteroatoms. The smallest absolute Gasteiger partial charge is 0.139 e. The first kappa shape index (κ1) is 16.2. The van der Waals surface area contributed by atoms with Gasteiger partial charge in [-0.3, -0.25) is 0 Å². The van der Waals surface area contributed by atoms with Gasteiger partial charge in [0.1, 0.15) is 5.82 Å². The van der Waals surface area contributed by atoms with Gasteiger partial charge in [0.05, 0.1) is 6.61 Å². The number of hydrogen-bond donors (Lipinski definition) is 3. The minimum atomic E-state index is -0.0934. The van der Waals surface area contributed by atoms with Crippen LogP contribution in [0.15, 0.2) is 42.6 Å². The van der Waals surface area contributed by atoms with Gasteiger partial charge in [-0.1, -0.05) is 32.0 Å². The molecule has 0 unspecified atom stereocenters. The molecule has 0 fully saturated rings. The number of aliphatic hydroxyl groups is 1. The van der Waals surface area contributed by atoms with Gasteiger partial charge in [0.2, 0.25) is 0 Å². The van der Waals surface area contributed by atoms with Crippen LogP contribution in [-0.4, -0.2) is 15.8 Å². The molecule has 0 saturated heterocycles. The molecule has 0 aliphatic carbocycles. The Labute approximate surface area is 131 Å². The summed E-state index contributed by atoms with van der Waals surface area (Å²) in [5.74, 6) is 0.806. The molecule has 0 bridgehead atoms. The molecule has 22 heavy (non-hydrogen) atoms. The average molecular weight is 297 g/mol. The van der Waals surface area contributed by atoms with Crippen LogP contribution in [0.4, 0.5) is 11.5 Å². The summed E-state index contributed by atoms with van der Waals surface area (Å²) in [6, 6.07) is 11.5. The number of hydrogen-bond acceptors (Lipinski definition) is 4. The average Bonchev–Trinajstić information content (AvgIpc) is 2.56. The van der Waals surface area contributed by atoms with E-state index >= 15 is 0 Å². The first-order chi connectivity index (χ1) is 10.7. The summed E-state index contributed by atoms with van der Waals surface area (Å²) in [7, 11) is 0. The predicted molar refractivity (Wildman–Crippen MR) is 90.8 cm³/mol. The first-order valence-electron chi connectivity index (χ1n) is 7.70. The molecule has 0 amide bonds. The van der Waals surface area contributed by atoms with Crippen LogP contribution in [0.3, 0.4) is 0 Å². The van der Waals surface area contributed by atoms with Crippen LogP contribution in [0.2, 0.25) is 0 Å². The van der Waals surface area contributed by atoms with Gasteiger partial charge in [0.15, 0.2) is 0 Å². The molecule has 2 aromatic rings. The van der Waals surface area contributed by atoms with Crippen molar-refractivity contribution in [2.45, 2.75) is 33.3 Å². The zero-order chi connectivity index (χ0) is 15.9. The van der Waals surface area contributed by atoms with E-state index in [0.29, 0.717) is 11.5 Å². The summed E-state index contributed by atoms with van der Waals surface area (Å²) in [6.07, 6.45) is 3.47. The van der Waals surface area contributed by atoms with Gasteiger partial charge >= 0.3 is 0 Å². The second-order valence-corrected chi connectivity index (χ2v) is 5.27. The van der Waals surface area contributed by atoms with Crippen molar-refractivity contribution in [3.63, 3.8) is 0 Å². The topological polar surface area (TPSA) is 69.0 Å². The zero-order valence-corrected chi connectivity index (χ0v) is 13.1. The Kier molecular flexibility index (Phi) is 5.67. The number of benzene rings is 1. The summed E-state index contributed by atoms with van der Waals surface area (Å²) in [6.45, 7) is 4.08. The van der Waals surface area contributed by atoms with E-state index in [4.69, 9.17) is 5.41 Å². The molecule has 3 N–H and O–H groups in total. The highest BCUT2D eigenvalue weighted by atomic mass is 16.3. The van der Waals surface area contributed by atoms with Gasteiger partial charge in [-0.2, -0.15) is 0 Å². The van der Waals surface area contributed by atoms with Crippen LogP contribution < -0.4 is 5.32 Å². The summed E-state index contributed by atoms with van der Waals surface area (Å²) >= 11 is 0. The largest absolute Gasteiger partial charge is 0.392 e. The number of nitrogens with zero attached hydrogens (tertiary/aromatic N) is 1. The highest BCUT2D eigenvalue weighted by Gasteiger charge is 2.20. The molecular formula is C18H23N3O. The van der Waals surface area contributed by atoms with Crippen LogP contribution in [-0.2, 0) is 6.61 Å². The fourth-order valence-electron chi connectivity index (χ4n) is 2.59. The maximum Gasteiger partial charge on any atom is 0.139 e. The Balaban J connectivity index is 2.43. The predicted octanol–water partition coefficient (Wildman–Crippen LogP) is 4.12. The normalized spacial score (nSPS) is 10.7. The lowest BCUT2D eigenvalue weighted by Gasteiger charge is -2.20. The second-order valence-electron chi connectivity index (χ2n) is 5.27. The maximum atomic E-state index is 9.63. The molecule has 2 rings (SSSR count). The first-order valence-corrected chi connectivity index (χ1v) is 7.70. The van der Waals surface area contributed by atoms with E-state index < -0.39 is 0 Å². The number of aromatic nitrogens is 1. The molecule has 0 spiro atoms. The monoisotopic (exact) mass is 297 g/mol. The summed E-state index contributed by atoms with van der Waals surface area (Å²) < 4.78 is 0. The van der Waals surface area contributed by atoms with Gasteiger partial charge < -0.3 is 15.8 Å². The van der Waals surface area contributed by atoms with E-state index in [-0.39, 0.29) is 12.5 Å². The summed E-state index contributed by atoms with van der Waals surface area (Å²) in [5.41, 5.74) is 2.93. The summed E-state index contributed by atoms with van der Waals surface area (Å²) in [4.78, 5) is 4.39. The molecule has 0 aliphatic heterocycles. The van der Waals surface area contributed by atoms with Crippen molar-refractivity contribution < 1.29 is 5.11 Å². The lowest BCUT2D eigenvalue weighted by Crippen LogP contribution is -2.18. The molecule has 4 nitrogen and oxygen atoms in total. The van der Waals surface area contributed by atoms with Crippen molar-refractivity contribution in [3.05, 3.63) is 53.7 Å².